The van der Waals surface area contributed by atoms with Gasteiger partial charge in [-0.1, -0.05) is 133 Å². The van der Waals surface area contributed by atoms with E-state index >= 15 is 0 Å². The largest absolute Gasteiger partial charge is 0.0622 e. The Labute approximate surface area is 232 Å². The third kappa shape index (κ3) is 3.45. The van der Waals surface area contributed by atoms with Crippen molar-refractivity contribution in [1.82, 2.24) is 0 Å². The molecule has 0 unspecified atom stereocenters. The molecule has 0 fully saturated rings. The molecule has 0 saturated carbocycles. The molecule has 182 valence electrons. The number of hydrogen-bond donors (Lipinski definition) is 0. The third-order valence-corrected chi connectivity index (χ3v) is 7.85. The molecule has 8 aromatic rings. The van der Waals surface area contributed by atoms with Gasteiger partial charge in [0.25, 0.3) is 0 Å². The molecule has 40 heavy (non-hydrogen) atoms. The molecule has 0 aliphatic heterocycles. The number of fused-ring (bicyclic) bond motifs is 3. The van der Waals surface area contributed by atoms with Crippen molar-refractivity contribution in [2.45, 2.75) is 0 Å². The number of benzene rings is 8. The zero-order chi connectivity index (χ0) is 26.5. The molecule has 0 aliphatic carbocycles. The second kappa shape index (κ2) is 9.03. The van der Waals surface area contributed by atoms with Crippen molar-refractivity contribution in [1.29, 1.82) is 0 Å². The highest BCUT2D eigenvalue weighted by molar-refractivity contribution is 6.34. The Bertz CT molecular complexity index is 2170. The standard InChI is InChI=1S/C40H22/c1-3-11-27(12-4-1)23-25-33-31-19-7-15-29-17-10-22-36(37(29)31)40-34(26-24-28-13-5-2-6-14-28)32-20-8-16-30-18-9-21-35(38(30)32)39(33)40/h1-22H. The van der Waals surface area contributed by atoms with Crippen LogP contribution in [0, 0.1) is 23.7 Å². The molecule has 8 rings (SSSR count). The van der Waals surface area contributed by atoms with E-state index in [1.807, 2.05) is 36.4 Å². The van der Waals surface area contributed by atoms with Gasteiger partial charge in [-0.15, -0.1) is 0 Å². The van der Waals surface area contributed by atoms with Gasteiger partial charge < -0.3 is 0 Å². The Morgan fingerprint density at radius 1 is 0.275 bits per heavy atom. The van der Waals surface area contributed by atoms with Crippen molar-refractivity contribution >= 4 is 53.9 Å². The predicted octanol–water partition coefficient (Wildman–Crippen LogP) is 9.69. The maximum absolute atomic E-state index is 3.65. The van der Waals surface area contributed by atoms with E-state index in [-0.39, 0.29) is 0 Å². The molecule has 0 spiro atoms. The van der Waals surface area contributed by atoms with E-state index in [0.717, 1.165) is 22.3 Å². The lowest BCUT2D eigenvalue weighted by molar-refractivity contribution is 1.65. The van der Waals surface area contributed by atoms with E-state index in [4.69, 9.17) is 0 Å². The van der Waals surface area contributed by atoms with Crippen LogP contribution >= 0.6 is 0 Å². The van der Waals surface area contributed by atoms with Gasteiger partial charge in [-0.05, 0) is 67.4 Å². The van der Waals surface area contributed by atoms with Gasteiger partial charge in [-0.3, -0.25) is 0 Å². The second-order valence-electron chi connectivity index (χ2n) is 10.2. The van der Waals surface area contributed by atoms with Crippen molar-refractivity contribution in [3.05, 3.63) is 156 Å². The Kier molecular flexibility index (Phi) is 5.06. The molecule has 0 saturated heterocycles. The first kappa shape index (κ1) is 22.4. The van der Waals surface area contributed by atoms with Crippen LogP contribution in [0.4, 0.5) is 0 Å². The van der Waals surface area contributed by atoms with Crippen LogP contribution in [0.1, 0.15) is 22.3 Å². The summed E-state index contributed by atoms with van der Waals surface area (Å²) in [6.07, 6.45) is 0. The third-order valence-electron chi connectivity index (χ3n) is 7.85. The normalized spacial score (nSPS) is 11.1. The highest BCUT2D eigenvalue weighted by Crippen LogP contribution is 2.44. The maximum atomic E-state index is 3.65. The van der Waals surface area contributed by atoms with E-state index in [1.165, 1.54) is 53.9 Å². The first-order chi connectivity index (χ1) is 19.9. The fraction of sp³-hybridized carbons (Fsp3) is 0. The molecular formula is C40H22. The molecule has 0 nitrogen and oxygen atoms in total. The Morgan fingerprint density at radius 3 is 1.05 bits per heavy atom. The van der Waals surface area contributed by atoms with Gasteiger partial charge in [0.15, 0.2) is 0 Å². The van der Waals surface area contributed by atoms with Crippen molar-refractivity contribution in [2.24, 2.45) is 0 Å². The van der Waals surface area contributed by atoms with Crippen molar-refractivity contribution in [2.75, 3.05) is 0 Å². The zero-order valence-electron chi connectivity index (χ0n) is 21.7. The molecule has 0 aromatic heterocycles. The molecule has 0 amide bonds. The quantitative estimate of drug-likeness (QED) is 0.110. The molecule has 0 heterocycles. The number of rotatable bonds is 0. The summed E-state index contributed by atoms with van der Waals surface area (Å²) in [6, 6.07) is 46.9. The SMILES string of the molecule is C(#Cc1c2cccc3cccc(c4c(C#Cc5ccccc5)c5cccc6cccc(c14)c65)c32)c1ccccc1. The molecule has 0 radical (unpaired) electrons. The minimum absolute atomic E-state index is 1.01. The topological polar surface area (TPSA) is 0 Å². The molecule has 0 atom stereocenters. The van der Waals surface area contributed by atoms with E-state index < -0.39 is 0 Å². The van der Waals surface area contributed by atoms with Crippen LogP contribution < -0.4 is 0 Å². The van der Waals surface area contributed by atoms with Crippen molar-refractivity contribution in [3.8, 4) is 23.7 Å². The van der Waals surface area contributed by atoms with Crippen LogP contribution in [0.2, 0.25) is 0 Å². The molecule has 0 heteroatoms. The average molecular weight is 503 g/mol. The molecule has 0 aliphatic rings. The van der Waals surface area contributed by atoms with E-state index in [2.05, 4.69) is 121 Å². The zero-order valence-corrected chi connectivity index (χ0v) is 21.7. The monoisotopic (exact) mass is 502 g/mol. The number of hydrogen-bond acceptors (Lipinski definition) is 0. The van der Waals surface area contributed by atoms with Crippen LogP contribution in [-0.4, -0.2) is 0 Å². The molecule has 0 N–H and O–H groups in total. The summed E-state index contributed by atoms with van der Waals surface area (Å²) in [5.41, 5.74) is 4.13. The van der Waals surface area contributed by atoms with Gasteiger partial charge >= 0.3 is 0 Å². The van der Waals surface area contributed by atoms with Crippen molar-refractivity contribution < 1.29 is 0 Å². The Morgan fingerprint density at radius 2 is 0.650 bits per heavy atom. The highest BCUT2D eigenvalue weighted by atomic mass is 14.2. The maximum Gasteiger partial charge on any atom is 0.0413 e. The first-order valence-corrected chi connectivity index (χ1v) is 13.5. The Hall–Kier alpha value is -5.56. The van der Waals surface area contributed by atoms with Crippen LogP contribution in [0.15, 0.2) is 133 Å². The summed E-state index contributed by atoms with van der Waals surface area (Å²) in [6.45, 7) is 0. The molecule has 8 aromatic carbocycles. The molecule has 0 bridgehead atoms. The summed E-state index contributed by atoms with van der Waals surface area (Å²) >= 11 is 0. The van der Waals surface area contributed by atoms with Gasteiger partial charge in [0.05, 0.1) is 0 Å². The van der Waals surface area contributed by atoms with Crippen molar-refractivity contribution in [3.63, 3.8) is 0 Å². The summed E-state index contributed by atoms with van der Waals surface area (Å²) in [5.74, 6) is 14.3. The second-order valence-corrected chi connectivity index (χ2v) is 10.2. The fourth-order valence-corrected chi connectivity index (χ4v) is 6.15. The van der Waals surface area contributed by atoms with E-state index in [9.17, 15) is 0 Å². The van der Waals surface area contributed by atoms with E-state index in [0.29, 0.717) is 0 Å². The average Bonchev–Trinajstić information content (AvgIpc) is 3.02. The smallest absolute Gasteiger partial charge is 0.0413 e. The lowest BCUT2D eigenvalue weighted by atomic mass is 9.83. The first-order valence-electron chi connectivity index (χ1n) is 13.5. The predicted molar refractivity (Wildman–Crippen MR) is 170 cm³/mol. The van der Waals surface area contributed by atoms with Crippen LogP contribution in [0.5, 0.6) is 0 Å². The fourth-order valence-electron chi connectivity index (χ4n) is 6.15. The molecular weight excluding hydrogens is 480 g/mol. The van der Waals surface area contributed by atoms with Crippen LogP contribution in [-0.2, 0) is 0 Å². The van der Waals surface area contributed by atoms with Gasteiger partial charge in [-0.25, -0.2) is 0 Å². The van der Waals surface area contributed by atoms with Crippen LogP contribution in [0.25, 0.3) is 53.9 Å². The van der Waals surface area contributed by atoms with Gasteiger partial charge in [0.2, 0.25) is 0 Å². The van der Waals surface area contributed by atoms with Gasteiger partial charge in [0.1, 0.15) is 0 Å². The van der Waals surface area contributed by atoms with Crippen LogP contribution in [0.3, 0.4) is 0 Å². The summed E-state index contributed by atoms with van der Waals surface area (Å²) in [7, 11) is 0. The lowest BCUT2D eigenvalue weighted by Gasteiger charge is -2.18. The lowest BCUT2D eigenvalue weighted by Crippen LogP contribution is -1.95. The Balaban J connectivity index is 1.64. The van der Waals surface area contributed by atoms with E-state index in [1.54, 1.807) is 0 Å². The minimum atomic E-state index is 1.01. The highest BCUT2D eigenvalue weighted by Gasteiger charge is 2.20. The summed E-state index contributed by atoms with van der Waals surface area (Å²) < 4.78 is 0. The summed E-state index contributed by atoms with van der Waals surface area (Å²) in [4.78, 5) is 0. The van der Waals surface area contributed by atoms with Gasteiger partial charge in [0, 0.05) is 33.0 Å². The minimum Gasteiger partial charge on any atom is -0.0622 e. The van der Waals surface area contributed by atoms with Gasteiger partial charge in [-0.2, -0.15) is 0 Å². The summed E-state index contributed by atoms with van der Waals surface area (Å²) in [5, 5.41) is 12.1.